The Morgan fingerprint density at radius 2 is 1.86 bits per heavy atom. The summed E-state index contributed by atoms with van der Waals surface area (Å²) in [5.41, 5.74) is 1.27. The molecule has 0 aromatic heterocycles. The molecule has 1 aromatic rings. The number of hydroxylamine groups is 2. The molecule has 1 saturated carbocycles. The smallest absolute Gasteiger partial charge is 0.245 e. The number of hydrogen-bond donors (Lipinski definition) is 4. The molecule has 2 aliphatic rings. The number of nitrogens with one attached hydrogen (secondary N) is 2. The fraction of sp³-hybridized carbons (Fsp3) is 0.654. The van der Waals surface area contributed by atoms with Crippen LogP contribution in [-0.2, 0) is 20.8 Å². The van der Waals surface area contributed by atoms with Crippen LogP contribution in [0.2, 0.25) is 0 Å². The molecular weight excluding hydrogens is 448 g/mol. The van der Waals surface area contributed by atoms with Crippen LogP contribution in [0.3, 0.4) is 0 Å². The molecule has 0 radical (unpaired) electrons. The van der Waals surface area contributed by atoms with E-state index in [-0.39, 0.29) is 12.5 Å². The van der Waals surface area contributed by atoms with Gasteiger partial charge in [0.25, 0.3) is 0 Å². The lowest BCUT2D eigenvalue weighted by molar-refractivity contribution is -0.158. The van der Waals surface area contributed by atoms with Crippen molar-refractivity contribution in [3.8, 4) is 0 Å². The van der Waals surface area contributed by atoms with Crippen LogP contribution >= 0.6 is 0 Å². The number of likely N-dealkylation sites (tertiary alicyclic amines) is 1. The Kier molecular flexibility index (Phi) is 11.0. The molecule has 3 amide bonds. The molecule has 1 saturated heterocycles. The Morgan fingerprint density at radius 1 is 1.11 bits per heavy atom. The van der Waals surface area contributed by atoms with Crippen LogP contribution in [0.5, 0.6) is 0 Å². The van der Waals surface area contributed by atoms with Crippen molar-refractivity contribution in [2.45, 2.75) is 76.6 Å². The number of benzene rings is 1. The number of aliphatic hydroxyl groups excluding tert-OH is 1. The number of aliphatic hydroxyl groups is 1. The van der Waals surface area contributed by atoms with Crippen LogP contribution in [0.1, 0.15) is 63.4 Å². The highest BCUT2D eigenvalue weighted by molar-refractivity contribution is 5.89. The standard InChI is InChI=1S/C26H40N4O5/c31-19-29(35)18-22(17-21-12-4-5-13-21)25(33)30-16-8-14-23(30)24(32)28-26(34)27-15-7-6-11-20-9-2-1-3-10-20/h1-3,9-10,19,21-23,26-27,34-35H,4-8,11-18H2,(H,28,32)/t22-,23+,26?/m1/s1. The minimum absolute atomic E-state index is 0.0726. The molecule has 4 N–H and O–H groups in total. The third kappa shape index (κ3) is 8.59. The molecule has 1 unspecified atom stereocenters. The lowest BCUT2D eigenvalue weighted by atomic mass is 9.91. The first-order valence-electron chi connectivity index (χ1n) is 12.9. The molecule has 9 heteroatoms. The summed E-state index contributed by atoms with van der Waals surface area (Å²) < 4.78 is 0. The van der Waals surface area contributed by atoms with Crippen LogP contribution in [-0.4, -0.2) is 70.5 Å². The molecule has 3 atom stereocenters. The Hall–Kier alpha value is -2.49. The van der Waals surface area contributed by atoms with Gasteiger partial charge in [0, 0.05) is 6.54 Å². The monoisotopic (exact) mass is 488 g/mol. The summed E-state index contributed by atoms with van der Waals surface area (Å²) in [5, 5.41) is 26.0. The molecule has 1 aromatic carbocycles. The zero-order valence-electron chi connectivity index (χ0n) is 20.5. The maximum Gasteiger partial charge on any atom is 0.245 e. The SMILES string of the molecule is O=CN(O)C[C@@H](CC1CCCC1)C(=O)N1CCC[C@H]1C(=O)NC(O)NCCCCc1ccccc1. The van der Waals surface area contributed by atoms with E-state index in [2.05, 4.69) is 22.8 Å². The third-order valence-electron chi connectivity index (χ3n) is 7.16. The second kappa shape index (κ2) is 14.2. The summed E-state index contributed by atoms with van der Waals surface area (Å²) in [6.45, 7) is 0.938. The topological polar surface area (TPSA) is 122 Å². The molecule has 1 heterocycles. The number of unbranched alkanes of at least 4 members (excludes halogenated alkanes) is 1. The van der Waals surface area contributed by atoms with Gasteiger partial charge in [0.2, 0.25) is 18.2 Å². The third-order valence-corrected chi connectivity index (χ3v) is 7.16. The minimum atomic E-state index is -1.19. The highest BCUT2D eigenvalue weighted by Crippen LogP contribution is 2.32. The number of amides is 3. The van der Waals surface area contributed by atoms with E-state index < -0.39 is 24.2 Å². The number of aryl methyl sites for hydroxylation is 1. The number of carbonyl (C=O) groups is 3. The van der Waals surface area contributed by atoms with E-state index in [9.17, 15) is 24.7 Å². The molecule has 3 rings (SSSR count). The van der Waals surface area contributed by atoms with Crippen LogP contribution < -0.4 is 10.6 Å². The number of carbonyl (C=O) groups excluding carboxylic acids is 3. The first-order chi connectivity index (χ1) is 17.0. The van der Waals surface area contributed by atoms with Crippen molar-refractivity contribution in [2.24, 2.45) is 11.8 Å². The lowest BCUT2D eigenvalue weighted by Crippen LogP contribution is -2.54. The molecule has 9 nitrogen and oxygen atoms in total. The lowest BCUT2D eigenvalue weighted by Gasteiger charge is -2.30. The van der Waals surface area contributed by atoms with E-state index in [1.807, 2.05) is 18.2 Å². The van der Waals surface area contributed by atoms with Gasteiger partial charge < -0.3 is 15.3 Å². The van der Waals surface area contributed by atoms with Crippen molar-refractivity contribution < 1.29 is 24.7 Å². The van der Waals surface area contributed by atoms with Gasteiger partial charge in [-0.05, 0) is 56.6 Å². The van der Waals surface area contributed by atoms with E-state index in [0.717, 1.165) is 44.9 Å². The van der Waals surface area contributed by atoms with E-state index >= 15 is 0 Å². The maximum absolute atomic E-state index is 13.4. The molecule has 0 spiro atoms. The summed E-state index contributed by atoms with van der Waals surface area (Å²) in [6.07, 6.45) is 8.08. The van der Waals surface area contributed by atoms with Crippen molar-refractivity contribution in [1.82, 2.24) is 20.6 Å². The summed E-state index contributed by atoms with van der Waals surface area (Å²) in [7, 11) is 0. The van der Waals surface area contributed by atoms with Gasteiger partial charge in [-0.1, -0.05) is 56.0 Å². The molecule has 0 bridgehead atoms. The van der Waals surface area contributed by atoms with Gasteiger partial charge in [-0.3, -0.25) is 24.9 Å². The van der Waals surface area contributed by atoms with E-state index in [4.69, 9.17) is 0 Å². The van der Waals surface area contributed by atoms with Crippen LogP contribution in [0.25, 0.3) is 0 Å². The van der Waals surface area contributed by atoms with Crippen LogP contribution in [0, 0.1) is 11.8 Å². The quantitative estimate of drug-likeness (QED) is 0.105. The first kappa shape index (κ1) is 27.1. The summed E-state index contributed by atoms with van der Waals surface area (Å²) in [6, 6.07) is 9.54. The van der Waals surface area contributed by atoms with Crippen molar-refractivity contribution in [2.75, 3.05) is 19.6 Å². The molecule has 1 aliphatic heterocycles. The summed E-state index contributed by atoms with van der Waals surface area (Å²) in [4.78, 5) is 38.8. The highest BCUT2D eigenvalue weighted by Gasteiger charge is 2.39. The first-order valence-corrected chi connectivity index (χ1v) is 12.9. The Balaban J connectivity index is 1.45. The summed E-state index contributed by atoms with van der Waals surface area (Å²) >= 11 is 0. The van der Waals surface area contributed by atoms with Crippen LogP contribution in [0.4, 0.5) is 0 Å². The second-order valence-corrected chi connectivity index (χ2v) is 9.81. The predicted octanol–water partition coefficient (Wildman–Crippen LogP) is 2.03. The van der Waals surface area contributed by atoms with Gasteiger partial charge in [0.15, 0.2) is 6.35 Å². The van der Waals surface area contributed by atoms with E-state index in [1.165, 1.54) is 5.56 Å². The normalized spacial score (nSPS) is 19.9. The highest BCUT2D eigenvalue weighted by atomic mass is 16.5. The van der Waals surface area contributed by atoms with Gasteiger partial charge in [-0.15, -0.1) is 0 Å². The maximum atomic E-state index is 13.4. The fourth-order valence-corrected chi connectivity index (χ4v) is 5.33. The van der Waals surface area contributed by atoms with Crippen molar-refractivity contribution in [3.63, 3.8) is 0 Å². The number of hydrogen-bond acceptors (Lipinski definition) is 6. The summed E-state index contributed by atoms with van der Waals surface area (Å²) in [5.74, 6) is -0.754. The van der Waals surface area contributed by atoms with Gasteiger partial charge >= 0.3 is 0 Å². The predicted molar refractivity (Wildman–Crippen MR) is 131 cm³/mol. The second-order valence-electron chi connectivity index (χ2n) is 9.81. The Bertz CT molecular complexity index is 802. The molecule has 1 aliphatic carbocycles. The number of nitrogens with zero attached hydrogens (tertiary/aromatic N) is 2. The van der Waals surface area contributed by atoms with Crippen molar-refractivity contribution in [1.29, 1.82) is 0 Å². The van der Waals surface area contributed by atoms with Gasteiger partial charge in [0.1, 0.15) is 6.04 Å². The molecule has 194 valence electrons. The van der Waals surface area contributed by atoms with E-state index in [0.29, 0.717) is 49.7 Å². The Morgan fingerprint density at radius 3 is 2.57 bits per heavy atom. The van der Waals surface area contributed by atoms with Gasteiger partial charge in [-0.25, -0.2) is 5.06 Å². The van der Waals surface area contributed by atoms with Gasteiger partial charge in [-0.2, -0.15) is 0 Å². The van der Waals surface area contributed by atoms with Crippen molar-refractivity contribution >= 4 is 18.2 Å². The van der Waals surface area contributed by atoms with Crippen LogP contribution in [0.15, 0.2) is 30.3 Å². The van der Waals surface area contributed by atoms with Crippen molar-refractivity contribution in [3.05, 3.63) is 35.9 Å². The Labute approximate surface area is 207 Å². The molecule has 35 heavy (non-hydrogen) atoms. The fourth-order valence-electron chi connectivity index (χ4n) is 5.33. The number of rotatable bonds is 14. The van der Waals surface area contributed by atoms with E-state index in [1.54, 1.807) is 4.90 Å². The zero-order chi connectivity index (χ0) is 25.0. The average Bonchev–Trinajstić information content (AvgIpc) is 3.56. The molecule has 2 fully saturated rings. The zero-order valence-corrected chi connectivity index (χ0v) is 20.5. The average molecular weight is 489 g/mol. The molecular formula is C26H40N4O5. The van der Waals surface area contributed by atoms with Gasteiger partial charge in [0.05, 0.1) is 12.5 Å². The largest absolute Gasteiger partial charge is 0.361 e. The minimum Gasteiger partial charge on any atom is -0.361 e.